The molecular weight excluding hydrogens is 236 g/mol. The highest BCUT2D eigenvalue weighted by Gasteiger charge is 2.36. The van der Waals surface area contributed by atoms with E-state index in [4.69, 9.17) is 0 Å². The van der Waals surface area contributed by atoms with Crippen LogP contribution in [0.4, 0.5) is 0 Å². The predicted molar refractivity (Wildman–Crippen MR) is 79.6 cm³/mol. The van der Waals surface area contributed by atoms with Crippen molar-refractivity contribution in [3.05, 3.63) is 0 Å². The van der Waals surface area contributed by atoms with Crippen molar-refractivity contribution in [1.29, 1.82) is 0 Å². The lowest BCUT2D eigenvalue weighted by molar-refractivity contribution is -0.00412. The summed E-state index contributed by atoms with van der Waals surface area (Å²) in [5.74, 6) is 0. The molecule has 0 saturated carbocycles. The maximum absolute atomic E-state index is 3.45. The van der Waals surface area contributed by atoms with Gasteiger partial charge in [0.2, 0.25) is 0 Å². The molecule has 1 atom stereocenters. The van der Waals surface area contributed by atoms with E-state index in [-0.39, 0.29) is 0 Å². The Hall–Kier alpha value is -0.160. The number of rotatable bonds is 3. The summed E-state index contributed by atoms with van der Waals surface area (Å²) in [5, 5.41) is 3.45. The zero-order valence-corrected chi connectivity index (χ0v) is 12.5. The fourth-order valence-corrected chi connectivity index (χ4v) is 3.88. The van der Waals surface area contributed by atoms with Gasteiger partial charge in [0.25, 0.3) is 0 Å². The SMILES string of the molecule is CCN1CCCC(N2CC(N3CCNCC3)C2)CC1. The first-order valence-electron chi connectivity index (χ1n) is 8.28. The first-order chi connectivity index (χ1) is 9.36. The van der Waals surface area contributed by atoms with Gasteiger partial charge in [-0.05, 0) is 38.9 Å². The average molecular weight is 266 g/mol. The molecule has 3 heterocycles. The number of hydrogen-bond donors (Lipinski definition) is 1. The van der Waals surface area contributed by atoms with E-state index in [9.17, 15) is 0 Å². The minimum absolute atomic E-state index is 0.854. The van der Waals surface area contributed by atoms with Crippen LogP contribution in [0, 0.1) is 0 Å². The molecule has 3 aliphatic rings. The number of hydrogen-bond acceptors (Lipinski definition) is 4. The van der Waals surface area contributed by atoms with Crippen LogP contribution in [0.5, 0.6) is 0 Å². The lowest BCUT2D eigenvalue weighted by atomic mass is 9.98. The van der Waals surface area contributed by atoms with Gasteiger partial charge < -0.3 is 10.2 Å². The Morgan fingerprint density at radius 3 is 2.42 bits per heavy atom. The third-order valence-corrected chi connectivity index (χ3v) is 5.31. The molecular formula is C15H30N4. The van der Waals surface area contributed by atoms with Gasteiger partial charge in [-0.3, -0.25) is 9.80 Å². The topological polar surface area (TPSA) is 21.8 Å². The van der Waals surface area contributed by atoms with Crippen molar-refractivity contribution in [3.8, 4) is 0 Å². The summed E-state index contributed by atoms with van der Waals surface area (Å²) < 4.78 is 0. The number of nitrogens with one attached hydrogen (secondary N) is 1. The summed E-state index contributed by atoms with van der Waals surface area (Å²) in [7, 11) is 0. The molecule has 1 unspecified atom stereocenters. The van der Waals surface area contributed by atoms with Crippen molar-refractivity contribution in [3.63, 3.8) is 0 Å². The average Bonchev–Trinajstić information content (AvgIpc) is 2.64. The summed E-state index contributed by atoms with van der Waals surface area (Å²) in [6.45, 7) is 13.7. The van der Waals surface area contributed by atoms with Crippen molar-refractivity contribution >= 4 is 0 Å². The maximum Gasteiger partial charge on any atom is 0.0351 e. The number of piperazine rings is 1. The van der Waals surface area contributed by atoms with Gasteiger partial charge in [-0.1, -0.05) is 6.92 Å². The highest BCUT2D eigenvalue weighted by molar-refractivity contribution is 4.93. The van der Waals surface area contributed by atoms with Gasteiger partial charge in [0.1, 0.15) is 0 Å². The molecule has 3 rings (SSSR count). The Morgan fingerprint density at radius 1 is 0.895 bits per heavy atom. The van der Waals surface area contributed by atoms with Gasteiger partial charge in [0.05, 0.1) is 0 Å². The molecule has 4 heteroatoms. The van der Waals surface area contributed by atoms with Crippen LogP contribution in [-0.4, -0.2) is 85.7 Å². The zero-order valence-electron chi connectivity index (χ0n) is 12.5. The smallest absolute Gasteiger partial charge is 0.0351 e. The van der Waals surface area contributed by atoms with Gasteiger partial charge >= 0.3 is 0 Å². The molecule has 19 heavy (non-hydrogen) atoms. The normalized spacial score (nSPS) is 33.0. The summed E-state index contributed by atoms with van der Waals surface area (Å²) >= 11 is 0. The quantitative estimate of drug-likeness (QED) is 0.800. The fourth-order valence-electron chi connectivity index (χ4n) is 3.88. The lowest BCUT2D eigenvalue weighted by Gasteiger charge is -2.50. The van der Waals surface area contributed by atoms with Crippen LogP contribution >= 0.6 is 0 Å². The van der Waals surface area contributed by atoms with Gasteiger partial charge in [-0.25, -0.2) is 0 Å². The first kappa shape index (κ1) is 13.8. The van der Waals surface area contributed by atoms with Crippen LogP contribution < -0.4 is 5.32 Å². The van der Waals surface area contributed by atoms with E-state index in [0.717, 1.165) is 12.1 Å². The molecule has 3 saturated heterocycles. The third kappa shape index (κ3) is 3.30. The van der Waals surface area contributed by atoms with E-state index in [1.165, 1.54) is 78.2 Å². The van der Waals surface area contributed by atoms with E-state index in [1.54, 1.807) is 0 Å². The summed E-state index contributed by atoms with van der Waals surface area (Å²) in [5.41, 5.74) is 0. The largest absolute Gasteiger partial charge is 0.314 e. The molecule has 1 N–H and O–H groups in total. The molecule has 0 aromatic heterocycles. The number of nitrogens with zero attached hydrogens (tertiary/aromatic N) is 3. The van der Waals surface area contributed by atoms with Crippen molar-refractivity contribution in [2.24, 2.45) is 0 Å². The molecule has 0 spiro atoms. The van der Waals surface area contributed by atoms with Crippen molar-refractivity contribution < 1.29 is 0 Å². The predicted octanol–water partition coefficient (Wildman–Crippen LogP) is 0.450. The monoisotopic (exact) mass is 266 g/mol. The van der Waals surface area contributed by atoms with Crippen LogP contribution in [-0.2, 0) is 0 Å². The molecule has 0 aromatic carbocycles. The Morgan fingerprint density at radius 2 is 1.68 bits per heavy atom. The van der Waals surface area contributed by atoms with Crippen molar-refractivity contribution in [2.45, 2.75) is 38.3 Å². The van der Waals surface area contributed by atoms with E-state index in [2.05, 4.69) is 26.9 Å². The minimum atomic E-state index is 0.854. The second-order valence-corrected chi connectivity index (χ2v) is 6.41. The van der Waals surface area contributed by atoms with Crippen LogP contribution in [0.25, 0.3) is 0 Å². The Balaban J connectivity index is 1.42. The minimum Gasteiger partial charge on any atom is -0.314 e. The fraction of sp³-hybridized carbons (Fsp3) is 1.00. The van der Waals surface area contributed by atoms with Gasteiger partial charge in [-0.2, -0.15) is 0 Å². The van der Waals surface area contributed by atoms with Crippen LogP contribution in [0.3, 0.4) is 0 Å². The Labute approximate surface area is 118 Å². The van der Waals surface area contributed by atoms with Gasteiger partial charge in [0, 0.05) is 51.4 Å². The molecule has 0 radical (unpaired) electrons. The van der Waals surface area contributed by atoms with E-state index < -0.39 is 0 Å². The highest BCUT2D eigenvalue weighted by atomic mass is 15.3. The van der Waals surface area contributed by atoms with Crippen molar-refractivity contribution in [2.75, 3.05) is 58.9 Å². The lowest BCUT2D eigenvalue weighted by Crippen LogP contribution is -2.64. The van der Waals surface area contributed by atoms with E-state index >= 15 is 0 Å². The summed E-state index contributed by atoms with van der Waals surface area (Å²) in [6, 6.07) is 1.73. The molecule has 4 nitrogen and oxygen atoms in total. The molecule has 3 aliphatic heterocycles. The van der Waals surface area contributed by atoms with E-state index in [0.29, 0.717) is 0 Å². The molecule has 0 aliphatic carbocycles. The molecule has 3 fully saturated rings. The van der Waals surface area contributed by atoms with Crippen LogP contribution in [0.1, 0.15) is 26.2 Å². The van der Waals surface area contributed by atoms with E-state index in [1.807, 2.05) is 0 Å². The zero-order chi connectivity index (χ0) is 13.1. The second kappa shape index (κ2) is 6.53. The van der Waals surface area contributed by atoms with Crippen molar-refractivity contribution in [1.82, 2.24) is 20.0 Å². The Bertz CT molecular complexity index is 271. The molecule has 110 valence electrons. The van der Waals surface area contributed by atoms with Crippen LogP contribution in [0.15, 0.2) is 0 Å². The molecule has 0 aromatic rings. The summed E-state index contributed by atoms with van der Waals surface area (Å²) in [6.07, 6.45) is 4.21. The molecule has 0 bridgehead atoms. The third-order valence-electron chi connectivity index (χ3n) is 5.31. The first-order valence-corrected chi connectivity index (χ1v) is 8.28. The van der Waals surface area contributed by atoms with Gasteiger partial charge in [0.15, 0.2) is 0 Å². The van der Waals surface area contributed by atoms with Crippen LogP contribution in [0.2, 0.25) is 0 Å². The van der Waals surface area contributed by atoms with Gasteiger partial charge in [-0.15, -0.1) is 0 Å². The highest BCUT2D eigenvalue weighted by Crippen LogP contribution is 2.24. The Kier molecular flexibility index (Phi) is 4.74. The number of likely N-dealkylation sites (tertiary alicyclic amines) is 2. The standard InChI is InChI=1S/C15H30N4/c1-2-17-8-3-4-14(5-9-17)19-12-15(13-19)18-10-6-16-7-11-18/h14-16H,2-13H2,1H3. The summed E-state index contributed by atoms with van der Waals surface area (Å²) in [4.78, 5) is 8.07. The molecule has 0 amide bonds. The second-order valence-electron chi connectivity index (χ2n) is 6.41. The maximum atomic E-state index is 3.45.